The first-order chi connectivity index (χ1) is 8.16. The van der Waals surface area contributed by atoms with E-state index < -0.39 is 0 Å². The molecule has 0 radical (unpaired) electrons. The lowest BCUT2D eigenvalue weighted by molar-refractivity contribution is -0.124. The van der Waals surface area contributed by atoms with Gasteiger partial charge in [-0.3, -0.25) is 9.59 Å². The fraction of sp³-hybridized carbons (Fsp3) is 0.429. The van der Waals surface area contributed by atoms with Gasteiger partial charge in [0.15, 0.2) is 5.78 Å². The molecule has 0 N–H and O–H groups in total. The van der Waals surface area contributed by atoms with E-state index in [-0.39, 0.29) is 29.7 Å². The van der Waals surface area contributed by atoms with Crippen molar-refractivity contribution in [2.45, 2.75) is 32.1 Å². The van der Waals surface area contributed by atoms with Gasteiger partial charge in [0.05, 0.1) is 0 Å². The maximum atomic E-state index is 12.7. The highest BCUT2D eigenvalue weighted by Gasteiger charge is 2.24. The van der Waals surface area contributed by atoms with E-state index in [2.05, 4.69) is 0 Å². The molecule has 90 valence electrons. The van der Waals surface area contributed by atoms with Gasteiger partial charge in [-0.25, -0.2) is 4.39 Å². The minimum atomic E-state index is -0.352. The molecule has 1 fully saturated rings. The molecule has 0 amide bonds. The molecule has 1 unspecified atom stereocenters. The van der Waals surface area contributed by atoms with Gasteiger partial charge in [0.1, 0.15) is 11.6 Å². The van der Waals surface area contributed by atoms with Crippen LogP contribution in [0, 0.1) is 11.7 Å². The molecular formula is C14H15FO2. The van der Waals surface area contributed by atoms with Crippen LogP contribution in [0.3, 0.4) is 0 Å². The van der Waals surface area contributed by atoms with Crippen LogP contribution in [0.1, 0.15) is 42.5 Å². The maximum Gasteiger partial charge on any atom is 0.163 e. The molecule has 2 rings (SSSR count). The number of carbonyl (C=O) groups is 2. The van der Waals surface area contributed by atoms with Crippen molar-refractivity contribution >= 4 is 11.6 Å². The van der Waals surface area contributed by atoms with Crippen molar-refractivity contribution < 1.29 is 14.0 Å². The van der Waals surface area contributed by atoms with E-state index in [1.54, 1.807) is 0 Å². The summed E-state index contributed by atoms with van der Waals surface area (Å²) < 4.78 is 12.7. The third kappa shape index (κ3) is 2.99. The molecule has 0 saturated heterocycles. The van der Waals surface area contributed by atoms with Crippen LogP contribution in [0.25, 0.3) is 0 Å². The van der Waals surface area contributed by atoms with Crippen LogP contribution in [-0.4, -0.2) is 11.6 Å². The van der Waals surface area contributed by atoms with Crippen molar-refractivity contribution in [1.29, 1.82) is 0 Å². The normalized spacial score (nSPS) is 20.3. The lowest BCUT2D eigenvalue weighted by Gasteiger charge is -2.19. The summed E-state index contributed by atoms with van der Waals surface area (Å²) in [5, 5.41) is 0. The van der Waals surface area contributed by atoms with Crippen LogP contribution in [-0.2, 0) is 4.79 Å². The Labute approximate surface area is 99.8 Å². The number of benzene rings is 1. The second-order valence-electron chi connectivity index (χ2n) is 4.54. The van der Waals surface area contributed by atoms with E-state index in [1.807, 2.05) is 0 Å². The van der Waals surface area contributed by atoms with Crippen molar-refractivity contribution in [1.82, 2.24) is 0 Å². The molecule has 17 heavy (non-hydrogen) atoms. The van der Waals surface area contributed by atoms with E-state index in [0.717, 1.165) is 19.3 Å². The van der Waals surface area contributed by atoms with Gasteiger partial charge < -0.3 is 0 Å². The second-order valence-corrected chi connectivity index (χ2v) is 4.54. The molecule has 3 heteroatoms. The monoisotopic (exact) mass is 234 g/mol. The summed E-state index contributed by atoms with van der Waals surface area (Å²) in [5.74, 6) is -0.339. The van der Waals surface area contributed by atoms with E-state index in [1.165, 1.54) is 24.3 Å². The van der Waals surface area contributed by atoms with Gasteiger partial charge in [-0.2, -0.15) is 0 Å². The fourth-order valence-corrected chi connectivity index (χ4v) is 2.25. The number of hydrogen-bond donors (Lipinski definition) is 0. The minimum absolute atomic E-state index is 0.0646. The Morgan fingerprint density at radius 1 is 1.24 bits per heavy atom. The number of hydrogen-bond acceptors (Lipinski definition) is 2. The van der Waals surface area contributed by atoms with E-state index in [9.17, 15) is 14.0 Å². The van der Waals surface area contributed by atoms with Crippen molar-refractivity contribution in [3.63, 3.8) is 0 Å². The number of halogens is 1. The summed E-state index contributed by atoms with van der Waals surface area (Å²) in [6, 6.07) is 5.50. The molecule has 0 aromatic heterocycles. The Bertz CT molecular complexity index is 422. The maximum absolute atomic E-state index is 12.7. The van der Waals surface area contributed by atoms with E-state index in [4.69, 9.17) is 0 Å². The number of Topliss-reactive ketones (excluding diaryl/α,β-unsaturated/α-hetero) is 2. The SMILES string of the molecule is O=C(CC1CCCCC1=O)c1ccc(F)cc1. The summed E-state index contributed by atoms with van der Waals surface area (Å²) in [6.07, 6.45) is 3.64. The third-order valence-electron chi connectivity index (χ3n) is 3.28. The van der Waals surface area contributed by atoms with Crippen LogP contribution in [0.5, 0.6) is 0 Å². The highest BCUT2D eigenvalue weighted by atomic mass is 19.1. The van der Waals surface area contributed by atoms with Gasteiger partial charge in [0.25, 0.3) is 0 Å². The first-order valence-electron chi connectivity index (χ1n) is 5.98. The highest BCUT2D eigenvalue weighted by Crippen LogP contribution is 2.24. The van der Waals surface area contributed by atoms with E-state index in [0.29, 0.717) is 12.0 Å². The molecule has 2 nitrogen and oxygen atoms in total. The van der Waals surface area contributed by atoms with Gasteiger partial charge in [0.2, 0.25) is 0 Å². The van der Waals surface area contributed by atoms with Gasteiger partial charge in [0, 0.05) is 24.3 Å². The Morgan fingerprint density at radius 2 is 1.94 bits per heavy atom. The average Bonchev–Trinajstić information content (AvgIpc) is 2.33. The van der Waals surface area contributed by atoms with Gasteiger partial charge in [-0.1, -0.05) is 6.42 Å². The molecule has 1 aromatic rings. The van der Waals surface area contributed by atoms with Crippen molar-refractivity contribution in [2.24, 2.45) is 5.92 Å². The molecule has 0 bridgehead atoms. The van der Waals surface area contributed by atoms with Gasteiger partial charge in [-0.05, 0) is 37.1 Å². The Balaban J connectivity index is 2.01. The highest BCUT2D eigenvalue weighted by molar-refractivity contribution is 5.98. The fourth-order valence-electron chi connectivity index (χ4n) is 2.25. The Kier molecular flexibility index (Phi) is 3.67. The lowest BCUT2D eigenvalue weighted by atomic mass is 9.83. The summed E-state index contributed by atoms with van der Waals surface area (Å²) in [6.45, 7) is 0. The predicted molar refractivity (Wildman–Crippen MR) is 62.3 cm³/mol. The molecule has 0 spiro atoms. The quantitative estimate of drug-likeness (QED) is 0.753. The van der Waals surface area contributed by atoms with Crippen LogP contribution >= 0.6 is 0 Å². The molecular weight excluding hydrogens is 219 g/mol. The van der Waals surface area contributed by atoms with Crippen LogP contribution in [0.2, 0.25) is 0 Å². The van der Waals surface area contributed by atoms with Crippen molar-refractivity contribution in [3.05, 3.63) is 35.6 Å². The van der Waals surface area contributed by atoms with Crippen LogP contribution in [0.15, 0.2) is 24.3 Å². The second kappa shape index (κ2) is 5.21. The smallest absolute Gasteiger partial charge is 0.163 e. The first kappa shape index (κ1) is 12.0. The summed E-state index contributed by atoms with van der Waals surface area (Å²) in [4.78, 5) is 23.5. The molecule has 1 aliphatic carbocycles. The Morgan fingerprint density at radius 3 is 2.59 bits per heavy atom. The molecule has 0 aliphatic heterocycles. The molecule has 1 atom stereocenters. The van der Waals surface area contributed by atoms with Gasteiger partial charge >= 0.3 is 0 Å². The third-order valence-corrected chi connectivity index (χ3v) is 3.28. The lowest BCUT2D eigenvalue weighted by Crippen LogP contribution is -2.22. The largest absolute Gasteiger partial charge is 0.299 e. The summed E-state index contributed by atoms with van der Waals surface area (Å²) in [7, 11) is 0. The van der Waals surface area contributed by atoms with Crippen molar-refractivity contribution in [3.8, 4) is 0 Å². The van der Waals surface area contributed by atoms with Crippen LogP contribution in [0.4, 0.5) is 4.39 Å². The number of rotatable bonds is 3. The zero-order valence-electron chi connectivity index (χ0n) is 9.62. The zero-order valence-corrected chi connectivity index (χ0v) is 9.62. The van der Waals surface area contributed by atoms with Gasteiger partial charge in [-0.15, -0.1) is 0 Å². The van der Waals surface area contributed by atoms with E-state index >= 15 is 0 Å². The topological polar surface area (TPSA) is 34.1 Å². The average molecular weight is 234 g/mol. The number of carbonyl (C=O) groups excluding carboxylic acids is 2. The predicted octanol–water partition coefficient (Wildman–Crippen LogP) is 3.16. The molecule has 1 aliphatic rings. The zero-order chi connectivity index (χ0) is 12.3. The minimum Gasteiger partial charge on any atom is -0.299 e. The summed E-state index contributed by atoms with van der Waals surface area (Å²) in [5.41, 5.74) is 0.491. The van der Waals surface area contributed by atoms with Crippen LogP contribution < -0.4 is 0 Å². The Hall–Kier alpha value is -1.51. The molecule has 1 saturated carbocycles. The standard InChI is InChI=1S/C14H15FO2/c15-12-7-5-10(6-8-12)14(17)9-11-3-1-2-4-13(11)16/h5-8,11H,1-4,9H2. The summed E-state index contributed by atoms with van der Waals surface area (Å²) >= 11 is 0. The molecule has 1 aromatic carbocycles. The number of ketones is 2. The first-order valence-corrected chi connectivity index (χ1v) is 5.98. The van der Waals surface area contributed by atoms with Crippen molar-refractivity contribution in [2.75, 3.05) is 0 Å². The molecule has 0 heterocycles.